The SMILES string of the molecule is CC[N+]1(C)CCc2cc(OC)c(OC)cc2[C@@H]1Cc1ccc(OC)c(OC)c1. The Bertz CT molecular complexity index is 836. The van der Waals surface area contributed by atoms with Gasteiger partial charge in [-0.1, -0.05) is 6.07 Å². The zero-order valence-corrected chi connectivity index (χ0v) is 17.9. The average Bonchev–Trinajstić information content (AvgIpc) is 2.74. The van der Waals surface area contributed by atoms with Crippen LogP contribution in [0.1, 0.15) is 29.7 Å². The van der Waals surface area contributed by atoms with Crippen molar-refractivity contribution in [2.24, 2.45) is 0 Å². The monoisotopic (exact) mass is 386 g/mol. The first-order valence-electron chi connectivity index (χ1n) is 9.79. The lowest BCUT2D eigenvalue weighted by Crippen LogP contribution is -2.51. The summed E-state index contributed by atoms with van der Waals surface area (Å²) in [5, 5.41) is 0. The van der Waals surface area contributed by atoms with Gasteiger partial charge in [0.05, 0.1) is 48.6 Å². The molecule has 152 valence electrons. The van der Waals surface area contributed by atoms with Gasteiger partial charge in [0, 0.05) is 18.4 Å². The number of hydrogen-bond acceptors (Lipinski definition) is 4. The largest absolute Gasteiger partial charge is 0.493 e. The van der Waals surface area contributed by atoms with Crippen LogP contribution >= 0.6 is 0 Å². The van der Waals surface area contributed by atoms with Crippen molar-refractivity contribution in [1.82, 2.24) is 0 Å². The van der Waals surface area contributed by atoms with Crippen molar-refractivity contribution in [2.75, 3.05) is 48.6 Å². The molecular weight excluding hydrogens is 354 g/mol. The van der Waals surface area contributed by atoms with Gasteiger partial charge >= 0.3 is 0 Å². The van der Waals surface area contributed by atoms with Gasteiger partial charge in [-0.3, -0.25) is 0 Å². The van der Waals surface area contributed by atoms with Crippen molar-refractivity contribution >= 4 is 0 Å². The van der Waals surface area contributed by atoms with Crippen LogP contribution in [-0.4, -0.2) is 53.1 Å². The normalized spacial score (nSPS) is 21.0. The van der Waals surface area contributed by atoms with Gasteiger partial charge in [0.1, 0.15) is 6.04 Å². The molecule has 0 aliphatic carbocycles. The maximum absolute atomic E-state index is 5.60. The maximum atomic E-state index is 5.60. The number of benzene rings is 2. The van der Waals surface area contributed by atoms with Crippen LogP contribution in [0.25, 0.3) is 0 Å². The number of methoxy groups -OCH3 is 4. The molecule has 0 N–H and O–H groups in total. The van der Waals surface area contributed by atoms with E-state index in [0.29, 0.717) is 6.04 Å². The summed E-state index contributed by atoms with van der Waals surface area (Å²) in [5.41, 5.74) is 3.94. The quantitative estimate of drug-likeness (QED) is 0.674. The summed E-state index contributed by atoms with van der Waals surface area (Å²) in [7, 11) is 9.09. The lowest BCUT2D eigenvalue weighted by Gasteiger charge is -2.45. The summed E-state index contributed by atoms with van der Waals surface area (Å²) in [6, 6.07) is 10.9. The minimum Gasteiger partial charge on any atom is -0.493 e. The Morgan fingerprint density at radius 3 is 2.07 bits per heavy atom. The lowest BCUT2D eigenvalue weighted by molar-refractivity contribution is -0.939. The van der Waals surface area contributed by atoms with Gasteiger partial charge in [-0.15, -0.1) is 0 Å². The average molecular weight is 387 g/mol. The third-order valence-electron chi connectivity index (χ3n) is 6.25. The van der Waals surface area contributed by atoms with Crippen LogP contribution in [0.3, 0.4) is 0 Å². The Morgan fingerprint density at radius 2 is 1.46 bits per heavy atom. The minimum absolute atomic E-state index is 0.339. The van der Waals surface area contributed by atoms with Crippen molar-refractivity contribution in [3.63, 3.8) is 0 Å². The topological polar surface area (TPSA) is 36.9 Å². The van der Waals surface area contributed by atoms with Crippen LogP contribution in [0.15, 0.2) is 30.3 Å². The molecule has 0 spiro atoms. The Morgan fingerprint density at radius 1 is 0.857 bits per heavy atom. The number of ether oxygens (including phenoxy) is 4. The first-order chi connectivity index (χ1) is 13.5. The van der Waals surface area contributed by atoms with E-state index in [1.807, 2.05) is 6.07 Å². The van der Waals surface area contributed by atoms with Crippen LogP contribution in [-0.2, 0) is 12.8 Å². The molecule has 3 rings (SSSR count). The Balaban J connectivity index is 2.05. The predicted molar refractivity (Wildman–Crippen MR) is 111 cm³/mol. The maximum Gasteiger partial charge on any atom is 0.161 e. The number of nitrogens with zero attached hydrogens (tertiary/aromatic N) is 1. The fourth-order valence-electron chi connectivity index (χ4n) is 4.27. The van der Waals surface area contributed by atoms with Crippen molar-refractivity contribution in [3.8, 4) is 23.0 Å². The molecule has 5 heteroatoms. The van der Waals surface area contributed by atoms with Crippen molar-refractivity contribution in [1.29, 1.82) is 0 Å². The van der Waals surface area contributed by atoms with Gasteiger partial charge in [0.15, 0.2) is 23.0 Å². The second-order valence-corrected chi connectivity index (χ2v) is 7.58. The van der Waals surface area contributed by atoms with E-state index in [1.54, 1.807) is 28.4 Å². The Labute approximate surface area is 168 Å². The number of hydrogen-bond donors (Lipinski definition) is 0. The third kappa shape index (κ3) is 3.63. The molecule has 28 heavy (non-hydrogen) atoms. The van der Waals surface area contributed by atoms with Crippen molar-refractivity contribution in [2.45, 2.75) is 25.8 Å². The molecule has 0 bridgehead atoms. The molecule has 0 radical (unpaired) electrons. The molecular formula is C23H32NO4+. The van der Waals surface area contributed by atoms with Crippen molar-refractivity contribution < 1.29 is 23.4 Å². The molecule has 0 aromatic heterocycles. The van der Waals surface area contributed by atoms with Crippen LogP contribution in [0.5, 0.6) is 23.0 Å². The van der Waals surface area contributed by atoms with Gasteiger partial charge < -0.3 is 23.4 Å². The van der Waals surface area contributed by atoms with Crippen LogP contribution in [0.2, 0.25) is 0 Å². The van der Waals surface area contributed by atoms with Crippen molar-refractivity contribution in [3.05, 3.63) is 47.0 Å². The molecule has 0 fully saturated rings. The van der Waals surface area contributed by atoms with Gasteiger partial charge in [-0.2, -0.15) is 0 Å². The fraction of sp³-hybridized carbons (Fsp3) is 0.478. The van der Waals surface area contributed by atoms with E-state index in [-0.39, 0.29) is 0 Å². The van der Waals surface area contributed by atoms with E-state index in [0.717, 1.165) is 53.4 Å². The number of rotatable bonds is 7. The number of likely N-dealkylation sites (N-methyl/N-ethyl adjacent to an activating group) is 1. The highest BCUT2D eigenvalue weighted by molar-refractivity contribution is 5.50. The highest BCUT2D eigenvalue weighted by Crippen LogP contribution is 2.42. The van der Waals surface area contributed by atoms with E-state index in [9.17, 15) is 0 Å². The first kappa shape index (κ1) is 20.3. The smallest absolute Gasteiger partial charge is 0.161 e. The van der Waals surface area contributed by atoms with Crippen LogP contribution in [0, 0.1) is 0 Å². The van der Waals surface area contributed by atoms with E-state index < -0.39 is 0 Å². The molecule has 0 saturated carbocycles. The third-order valence-corrected chi connectivity index (χ3v) is 6.25. The summed E-state index contributed by atoms with van der Waals surface area (Å²) in [5.74, 6) is 3.13. The van der Waals surface area contributed by atoms with E-state index in [1.165, 1.54) is 16.7 Å². The van der Waals surface area contributed by atoms with Gasteiger partial charge in [0.2, 0.25) is 0 Å². The van der Waals surface area contributed by atoms with E-state index >= 15 is 0 Å². The van der Waals surface area contributed by atoms with Gasteiger partial charge in [-0.25, -0.2) is 0 Å². The zero-order chi connectivity index (χ0) is 20.3. The van der Waals surface area contributed by atoms with E-state index in [4.69, 9.17) is 18.9 Å². The number of quaternary nitrogens is 1. The molecule has 1 aliphatic heterocycles. The molecule has 0 amide bonds. The molecule has 1 aliphatic rings. The lowest BCUT2D eigenvalue weighted by atomic mass is 9.86. The summed E-state index contributed by atoms with van der Waals surface area (Å²) in [4.78, 5) is 0. The molecule has 2 aromatic rings. The molecule has 0 saturated heterocycles. The molecule has 2 atom stereocenters. The number of fused-ring (bicyclic) bond motifs is 1. The summed E-state index contributed by atoms with van der Waals surface area (Å²) in [6.07, 6.45) is 1.97. The molecule has 2 aromatic carbocycles. The molecule has 1 unspecified atom stereocenters. The summed E-state index contributed by atoms with van der Waals surface area (Å²) in [6.45, 7) is 4.45. The zero-order valence-electron chi connectivity index (χ0n) is 17.9. The van der Waals surface area contributed by atoms with Crippen LogP contribution < -0.4 is 18.9 Å². The highest BCUT2D eigenvalue weighted by Gasteiger charge is 2.38. The van der Waals surface area contributed by atoms with E-state index in [2.05, 4.69) is 38.2 Å². The summed E-state index contributed by atoms with van der Waals surface area (Å²) < 4.78 is 23.0. The molecule has 1 heterocycles. The van der Waals surface area contributed by atoms with Crippen LogP contribution in [0.4, 0.5) is 0 Å². The predicted octanol–water partition coefficient (Wildman–Crippen LogP) is 4.03. The highest BCUT2D eigenvalue weighted by atomic mass is 16.5. The molecule has 5 nitrogen and oxygen atoms in total. The first-order valence-corrected chi connectivity index (χ1v) is 9.79. The Kier molecular flexibility index (Phi) is 6.04. The van der Waals surface area contributed by atoms with Gasteiger partial charge in [-0.05, 0) is 42.3 Å². The fourth-order valence-corrected chi connectivity index (χ4v) is 4.27. The van der Waals surface area contributed by atoms with Gasteiger partial charge in [0.25, 0.3) is 0 Å². The second-order valence-electron chi connectivity index (χ2n) is 7.58. The second kappa shape index (κ2) is 8.31. The Hall–Kier alpha value is -2.40. The summed E-state index contributed by atoms with van der Waals surface area (Å²) >= 11 is 0. The standard InChI is InChI=1S/C23H32NO4/c1-7-24(2)11-10-17-14-22(27-5)23(28-6)15-18(17)19(24)12-16-8-9-20(25-3)21(13-16)26-4/h8-9,13-15,19H,7,10-12H2,1-6H3/q+1/t19-,24?/m0/s1. The minimum atomic E-state index is 0.339.